The first-order chi connectivity index (χ1) is 10.6. The number of hydrogen-bond acceptors (Lipinski definition) is 3. The van der Waals surface area contributed by atoms with E-state index in [1.54, 1.807) is 7.11 Å². The van der Waals surface area contributed by atoms with Crippen LogP contribution in [-0.2, 0) is 9.47 Å². The van der Waals surface area contributed by atoms with Crippen LogP contribution in [0.3, 0.4) is 0 Å². The van der Waals surface area contributed by atoms with Crippen LogP contribution in [0.5, 0.6) is 0 Å². The van der Waals surface area contributed by atoms with Gasteiger partial charge in [0.25, 0.3) is 5.91 Å². The summed E-state index contributed by atoms with van der Waals surface area (Å²) in [5, 5.41) is 0. The van der Waals surface area contributed by atoms with Crippen LogP contribution in [0, 0.1) is 12.8 Å². The SMILES string of the molecule is COCCC1CCOC2(C1)CN(C(=O)c1cccc(C)c1)C2. The first-order valence-electron chi connectivity index (χ1n) is 8.11. The minimum atomic E-state index is -0.101. The zero-order valence-electron chi connectivity index (χ0n) is 13.5. The monoisotopic (exact) mass is 303 g/mol. The van der Waals surface area contributed by atoms with Crippen molar-refractivity contribution < 1.29 is 14.3 Å². The molecule has 1 unspecified atom stereocenters. The van der Waals surface area contributed by atoms with Gasteiger partial charge in [0.15, 0.2) is 0 Å². The molecule has 0 radical (unpaired) electrons. The van der Waals surface area contributed by atoms with Crippen molar-refractivity contribution >= 4 is 5.91 Å². The number of carbonyl (C=O) groups excluding carboxylic acids is 1. The zero-order valence-corrected chi connectivity index (χ0v) is 13.5. The fraction of sp³-hybridized carbons (Fsp3) is 0.611. The van der Waals surface area contributed by atoms with Gasteiger partial charge >= 0.3 is 0 Å². The molecule has 3 rings (SSSR count). The van der Waals surface area contributed by atoms with Crippen molar-refractivity contribution in [2.75, 3.05) is 33.4 Å². The van der Waals surface area contributed by atoms with Crippen LogP contribution in [0.2, 0.25) is 0 Å². The van der Waals surface area contributed by atoms with E-state index >= 15 is 0 Å². The summed E-state index contributed by atoms with van der Waals surface area (Å²) in [5.74, 6) is 0.780. The summed E-state index contributed by atoms with van der Waals surface area (Å²) in [5.41, 5.74) is 1.80. The third-order valence-corrected chi connectivity index (χ3v) is 4.84. The van der Waals surface area contributed by atoms with Crippen molar-refractivity contribution in [1.29, 1.82) is 0 Å². The van der Waals surface area contributed by atoms with Crippen LogP contribution < -0.4 is 0 Å². The Bertz CT molecular complexity index is 537. The third kappa shape index (κ3) is 3.18. The van der Waals surface area contributed by atoms with Gasteiger partial charge in [-0.1, -0.05) is 17.7 Å². The Balaban J connectivity index is 1.57. The summed E-state index contributed by atoms with van der Waals surface area (Å²) < 4.78 is 11.2. The topological polar surface area (TPSA) is 38.8 Å². The highest BCUT2D eigenvalue weighted by Gasteiger charge is 2.49. The van der Waals surface area contributed by atoms with E-state index in [-0.39, 0.29) is 11.5 Å². The van der Waals surface area contributed by atoms with E-state index in [1.165, 1.54) is 0 Å². The zero-order chi connectivity index (χ0) is 15.6. The Morgan fingerprint density at radius 1 is 1.45 bits per heavy atom. The number of ether oxygens (including phenoxy) is 2. The van der Waals surface area contributed by atoms with Crippen molar-refractivity contribution in [2.45, 2.75) is 31.8 Å². The molecule has 4 nitrogen and oxygen atoms in total. The van der Waals surface area contributed by atoms with Gasteiger partial charge in [0.2, 0.25) is 0 Å². The van der Waals surface area contributed by atoms with Gasteiger partial charge in [0.05, 0.1) is 13.1 Å². The lowest BCUT2D eigenvalue weighted by Gasteiger charge is -2.53. The Labute approximate surface area is 132 Å². The summed E-state index contributed by atoms with van der Waals surface area (Å²) >= 11 is 0. The predicted molar refractivity (Wildman–Crippen MR) is 85.0 cm³/mol. The highest BCUT2D eigenvalue weighted by Crippen LogP contribution is 2.38. The first-order valence-corrected chi connectivity index (χ1v) is 8.11. The number of benzene rings is 1. The molecule has 1 aromatic carbocycles. The molecule has 22 heavy (non-hydrogen) atoms. The van der Waals surface area contributed by atoms with E-state index < -0.39 is 0 Å². The molecule has 1 amide bonds. The molecule has 0 bridgehead atoms. The molecule has 0 N–H and O–H groups in total. The first kappa shape index (κ1) is 15.5. The van der Waals surface area contributed by atoms with Crippen molar-refractivity contribution in [1.82, 2.24) is 4.90 Å². The lowest BCUT2D eigenvalue weighted by atomic mass is 9.79. The molecular weight excluding hydrogens is 278 g/mol. The summed E-state index contributed by atoms with van der Waals surface area (Å²) in [6, 6.07) is 7.80. The van der Waals surface area contributed by atoms with E-state index in [1.807, 2.05) is 36.1 Å². The van der Waals surface area contributed by atoms with Gasteiger partial charge in [-0.15, -0.1) is 0 Å². The number of nitrogens with zero attached hydrogens (tertiary/aromatic N) is 1. The van der Waals surface area contributed by atoms with Crippen molar-refractivity contribution in [3.63, 3.8) is 0 Å². The molecule has 1 spiro atoms. The average Bonchev–Trinajstić information content (AvgIpc) is 2.50. The lowest BCUT2D eigenvalue weighted by molar-refractivity contribution is -0.167. The molecule has 1 aromatic rings. The molecule has 2 aliphatic heterocycles. The molecule has 0 aromatic heterocycles. The van der Waals surface area contributed by atoms with Crippen molar-refractivity contribution in [3.05, 3.63) is 35.4 Å². The summed E-state index contributed by atoms with van der Waals surface area (Å²) in [4.78, 5) is 14.4. The molecule has 2 saturated heterocycles. The predicted octanol–water partition coefficient (Wildman–Crippen LogP) is 2.65. The van der Waals surface area contributed by atoms with Gasteiger partial charge in [-0.3, -0.25) is 4.79 Å². The molecule has 2 heterocycles. The summed E-state index contributed by atoms with van der Waals surface area (Å²) in [6.45, 7) is 5.08. The van der Waals surface area contributed by atoms with Crippen LogP contribution in [0.4, 0.5) is 0 Å². The fourth-order valence-corrected chi connectivity index (χ4v) is 3.63. The van der Waals surface area contributed by atoms with Crippen LogP contribution in [-0.4, -0.2) is 49.8 Å². The van der Waals surface area contributed by atoms with Gasteiger partial charge in [0.1, 0.15) is 5.60 Å². The maximum Gasteiger partial charge on any atom is 0.254 e. The second-order valence-corrected chi connectivity index (χ2v) is 6.70. The number of aryl methyl sites for hydroxylation is 1. The number of methoxy groups -OCH3 is 1. The Kier molecular flexibility index (Phi) is 4.50. The minimum Gasteiger partial charge on any atom is -0.385 e. The van der Waals surface area contributed by atoms with E-state index in [0.29, 0.717) is 5.92 Å². The van der Waals surface area contributed by atoms with Crippen LogP contribution in [0.1, 0.15) is 35.2 Å². The molecule has 0 aliphatic carbocycles. The third-order valence-electron chi connectivity index (χ3n) is 4.84. The Morgan fingerprint density at radius 3 is 3.00 bits per heavy atom. The Morgan fingerprint density at radius 2 is 2.27 bits per heavy atom. The van der Waals surface area contributed by atoms with Crippen LogP contribution >= 0.6 is 0 Å². The maximum atomic E-state index is 12.5. The molecule has 0 saturated carbocycles. The fourth-order valence-electron chi connectivity index (χ4n) is 3.63. The second kappa shape index (κ2) is 6.39. The Hall–Kier alpha value is -1.39. The lowest BCUT2D eigenvalue weighted by Crippen LogP contribution is -2.66. The van der Waals surface area contributed by atoms with E-state index in [4.69, 9.17) is 9.47 Å². The standard InChI is InChI=1S/C18H25NO3/c1-14-4-3-5-16(10-14)17(20)19-12-18(13-19)11-15(6-8-21-2)7-9-22-18/h3-5,10,15H,6-9,11-13H2,1-2H3. The van der Waals surface area contributed by atoms with Crippen molar-refractivity contribution in [3.8, 4) is 0 Å². The largest absolute Gasteiger partial charge is 0.385 e. The maximum absolute atomic E-state index is 12.5. The molecule has 4 heteroatoms. The van der Waals surface area contributed by atoms with E-state index in [0.717, 1.165) is 56.7 Å². The van der Waals surface area contributed by atoms with Gasteiger partial charge in [0, 0.05) is 25.9 Å². The van der Waals surface area contributed by atoms with Gasteiger partial charge in [-0.05, 0) is 44.2 Å². The molecule has 1 atom stereocenters. The van der Waals surface area contributed by atoms with E-state index in [9.17, 15) is 4.79 Å². The van der Waals surface area contributed by atoms with E-state index in [2.05, 4.69) is 0 Å². The average molecular weight is 303 g/mol. The van der Waals surface area contributed by atoms with Gasteiger partial charge in [-0.2, -0.15) is 0 Å². The number of rotatable bonds is 4. The summed E-state index contributed by atoms with van der Waals surface area (Å²) in [6.07, 6.45) is 3.25. The van der Waals surface area contributed by atoms with Crippen molar-refractivity contribution in [2.24, 2.45) is 5.92 Å². The molecule has 2 aliphatic rings. The van der Waals surface area contributed by atoms with Gasteiger partial charge < -0.3 is 14.4 Å². The number of carbonyl (C=O) groups is 1. The highest BCUT2D eigenvalue weighted by atomic mass is 16.5. The highest BCUT2D eigenvalue weighted by molar-refractivity contribution is 5.95. The molecule has 120 valence electrons. The summed E-state index contributed by atoms with van der Waals surface area (Å²) in [7, 11) is 1.75. The normalized spacial score (nSPS) is 23.4. The number of amides is 1. The molecular formula is C18H25NO3. The second-order valence-electron chi connectivity index (χ2n) is 6.70. The number of likely N-dealkylation sites (tertiary alicyclic amines) is 1. The molecule has 2 fully saturated rings. The van der Waals surface area contributed by atoms with Crippen LogP contribution in [0.15, 0.2) is 24.3 Å². The minimum absolute atomic E-state index is 0.101. The number of hydrogen-bond donors (Lipinski definition) is 0. The van der Waals surface area contributed by atoms with Gasteiger partial charge in [-0.25, -0.2) is 0 Å². The van der Waals surface area contributed by atoms with Crippen LogP contribution in [0.25, 0.3) is 0 Å². The quantitative estimate of drug-likeness (QED) is 0.858. The smallest absolute Gasteiger partial charge is 0.254 e.